The lowest BCUT2D eigenvalue weighted by atomic mass is 10.2. The highest BCUT2D eigenvalue weighted by atomic mass is 15.3. The summed E-state index contributed by atoms with van der Waals surface area (Å²) in [7, 11) is 0. The Morgan fingerprint density at radius 3 is 2.39 bits per heavy atom. The Kier molecular flexibility index (Phi) is 3.60. The third-order valence-corrected chi connectivity index (χ3v) is 2.52. The second kappa shape index (κ2) is 5.16. The average molecular weight is 245 g/mol. The first-order valence-corrected chi connectivity index (χ1v) is 6.22. The van der Waals surface area contributed by atoms with Gasteiger partial charge in [-0.2, -0.15) is 5.10 Å². The second-order valence-corrected chi connectivity index (χ2v) is 4.86. The molecule has 0 saturated heterocycles. The maximum absolute atomic E-state index is 4.30. The fourth-order valence-electron chi connectivity index (χ4n) is 1.77. The van der Waals surface area contributed by atoms with Gasteiger partial charge in [0.05, 0.1) is 5.69 Å². The first-order chi connectivity index (χ1) is 8.58. The second-order valence-electron chi connectivity index (χ2n) is 4.86. The van der Waals surface area contributed by atoms with E-state index < -0.39 is 0 Å². The quantitative estimate of drug-likeness (QED) is 0.899. The first kappa shape index (κ1) is 12.5. The highest BCUT2D eigenvalue weighted by molar-refractivity contribution is 5.55. The minimum absolute atomic E-state index is 0.310. The molecule has 0 bridgehead atoms. The van der Waals surface area contributed by atoms with E-state index in [1.54, 1.807) is 6.20 Å². The van der Waals surface area contributed by atoms with Crippen LogP contribution in [0.3, 0.4) is 0 Å². The van der Waals surface area contributed by atoms with Crippen LogP contribution in [-0.4, -0.2) is 26.0 Å². The van der Waals surface area contributed by atoms with E-state index >= 15 is 0 Å². The number of hydrogen-bond acceptors (Lipinski definition) is 4. The Bertz CT molecular complexity index is 498. The first-order valence-electron chi connectivity index (χ1n) is 6.22. The Labute approximate surface area is 107 Å². The molecule has 2 aromatic heterocycles. The van der Waals surface area contributed by atoms with Crippen LogP contribution in [0.4, 0.5) is 5.82 Å². The molecule has 2 aromatic rings. The number of anilines is 1. The van der Waals surface area contributed by atoms with E-state index in [4.69, 9.17) is 0 Å². The van der Waals surface area contributed by atoms with Crippen molar-refractivity contribution in [2.24, 2.45) is 0 Å². The number of rotatable bonds is 4. The molecule has 5 nitrogen and oxygen atoms in total. The summed E-state index contributed by atoms with van der Waals surface area (Å²) >= 11 is 0. The third-order valence-electron chi connectivity index (χ3n) is 2.52. The molecule has 0 saturated carbocycles. The van der Waals surface area contributed by atoms with E-state index in [0.717, 1.165) is 17.2 Å². The highest BCUT2D eigenvalue weighted by Crippen LogP contribution is 2.20. The summed E-state index contributed by atoms with van der Waals surface area (Å²) in [6.07, 6.45) is 1.79. The Morgan fingerprint density at radius 1 is 1.06 bits per heavy atom. The summed E-state index contributed by atoms with van der Waals surface area (Å²) in [5.41, 5.74) is 1.84. The molecule has 0 aliphatic heterocycles. The van der Waals surface area contributed by atoms with Crippen molar-refractivity contribution in [3.63, 3.8) is 0 Å². The van der Waals surface area contributed by atoms with E-state index in [1.807, 2.05) is 22.9 Å². The predicted molar refractivity (Wildman–Crippen MR) is 72.4 cm³/mol. The molecule has 0 fully saturated rings. The lowest BCUT2D eigenvalue weighted by Crippen LogP contribution is -2.11. The van der Waals surface area contributed by atoms with Gasteiger partial charge in [-0.1, -0.05) is 0 Å². The molecule has 0 aliphatic rings. The van der Waals surface area contributed by atoms with E-state index in [9.17, 15) is 0 Å². The standard InChI is InChI=1S/C13H19N5/c1-9(2)15-13-6-5-11(16-17-13)12-7-8-14-18(12)10(3)4/h5-10H,1-4H3,(H,15,17). The molecular formula is C13H19N5. The van der Waals surface area contributed by atoms with Gasteiger partial charge in [-0.15, -0.1) is 10.2 Å². The van der Waals surface area contributed by atoms with Crippen LogP contribution in [0.15, 0.2) is 24.4 Å². The van der Waals surface area contributed by atoms with Crippen LogP contribution in [0.25, 0.3) is 11.4 Å². The molecule has 2 heterocycles. The molecule has 0 atom stereocenters. The summed E-state index contributed by atoms with van der Waals surface area (Å²) in [6, 6.07) is 6.53. The normalized spacial score (nSPS) is 11.2. The minimum Gasteiger partial charge on any atom is -0.366 e. The summed E-state index contributed by atoms with van der Waals surface area (Å²) in [5.74, 6) is 0.796. The fourth-order valence-corrected chi connectivity index (χ4v) is 1.77. The topological polar surface area (TPSA) is 55.6 Å². The van der Waals surface area contributed by atoms with E-state index in [2.05, 4.69) is 48.3 Å². The van der Waals surface area contributed by atoms with Gasteiger partial charge < -0.3 is 5.32 Å². The number of aromatic nitrogens is 4. The SMILES string of the molecule is CC(C)Nc1ccc(-c2ccnn2C(C)C)nn1. The van der Waals surface area contributed by atoms with Gasteiger partial charge in [0.2, 0.25) is 0 Å². The van der Waals surface area contributed by atoms with Crippen molar-refractivity contribution in [3.8, 4) is 11.4 Å². The van der Waals surface area contributed by atoms with Crippen molar-refractivity contribution < 1.29 is 0 Å². The third kappa shape index (κ3) is 2.67. The molecule has 18 heavy (non-hydrogen) atoms. The van der Waals surface area contributed by atoms with Crippen molar-refractivity contribution in [2.75, 3.05) is 5.32 Å². The zero-order chi connectivity index (χ0) is 13.1. The molecule has 0 amide bonds. The molecule has 1 N–H and O–H groups in total. The van der Waals surface area contributed by atoms with Crippen LogP contribution in [-0.2, 0) is 0 Å². The predicted octanol–water partition coefficient (Wildman–Crippen LogP) is 2.74. The zero-order valence-corrected chi connectivity index (χ0v) is 11.3. The molecule has 0 aliphatic carbocycles. The molecule has 0 unspecified atom stereocenters. The van der Waals surface area contributed by atoms with Gasteiger partial charge in [0, 0.05) is 18.3 Å². The average Bonchev–Trinajstić information content (AvgIpc) is 2.78. The number of nitrogens with zero attached hydrogens (tertiary/aromatic N) is 4. The smallest absolute Gasteiger partial charge is 0.148 e. The summed E-state index contributed by atoms with van der Waals surface area (Å²) in [4.78, 5) is 0. The molecule has 0 radical (unpaired) electrons. The maximum Gasteiger partial charge on any atom is 0.148 e. The lowest BCUT2D eigenvalue weighted by Gasteiger charge is -2.11. The Balaban J connectivity index is 2.26. The molecule has 2 rings (SSSR count). The van der Waals surface area contributed by atoms with Gasteiger partial charge >= 0.3 is 0 Å². The van der Waals surface area contributed by atoms with E-state index in [1.165, 1.54) is 0 Å². The molecule has 0 spiro atoms. The number of hydrogen-bond donors (Lipinski definition) is 1. The Hall–Kier alpha value is -1.91. The number of nitrogens with one attached hydrogen (secondary N) is 1. The van der Waals surface area contributed by atoms with Crippen molar-refractivity contribution in [3.05, 3.63) is 24.4 Å². The molecule has 0 aromatic carbocycles. The van der Waals surface area contributed by atoms with E-state index in [0.29, 0.717) is 12.1 Å². The van der Waals surface area contributed by atoms with Crippen LogP contribution in [0, 0.1) is 0 Å². The Morgan fingerprint density at radius 2 is 1.83 bits per heavy atom. The van der Waals surface area contributed by atoms with Crippen molar-refractivity contribution >= 4 is 5.82 Å². The maximum atomic E-state index is 4.30. The summed E-state index contributed by atoms with van der Waals surface area (Å²) < 4.78 is 1.94. The largest absolute Gasteiger partial charge is 0.366 e. The van der Waals surface area contributed by atoms with Crippen molar-refractivity contribution in [1.29, 1.82) is 0 Å². The van der Waals surface area contributed by atoms with Crippen LogP contribution in [0.1, 0.15) is 33.7 Å². The van der Waals surface area contributed by atoms with Gasteiger partial charge in [0.15, 0.2) is 0 Å². The van der Waals surface area contributed by atoms with Gasteiger partial charge in [-0.05, 0) is 45.9 Å². The fraction of sp³-hybridized carbons (Fsp3) is 0.462. The van der Waals surface area contributed by atoms with Gasteiger partial charge in [-0.25, -0.2) is 0 Å². The van der Waals surface area contributed by atoms with Gasteiger partial charge in [0.1, 0.15) is 11.5 Å². The summed E-state index contributed by atoms with van der Waals surface area (Å²) in [5, 5.41) is 15.9. The van der Waals surface area contributed by atoms with Crippen LogP contribution in [0.2, 0.25) is 0 Å². The lowest BCUT2D eigenvalue weighted by molar-refractivity contribution is 0.537. The monoisotopic (exact) mass is 245 g/mol. The molecular weight excluding hydrogens is 226 g/mol. The van der Waals surface area contributed by atoms with Gasteiger partial charge in [0.25, 0.3) is 0 Å². The van der Waals surface area contributed by atoms with E-state index in [-0.39, 0.29) is 0 Å². The molecule has 96 valence electrons. The van der Waals surface area contributed by atoms with Crippen molar-refractivity contribution in [1.82, 2.24) is 20.0 Å². The van der Waals surface area contributed by atoms with Crippen molar-refractivity contribution in [2.45, 2.75) is 39.8 Å². The highest BCUT2D eigenvalue weighted by Gasteiger charge is 2.10. The zero-order valence-electron chi connectivity index (χ0n) is 11.3. The van der Waals surface area contributed by atoms with Crippen LogP contribution < -0.4 is 5.32 Å². The molecule has 5 heteroatoms. The minimum atomic E-state index is 0.310. The summed E-state index contributed by atoms with van der Waals surface area (Å²) in [6.45, 7) is 8.34. The van der Waals surface area contributed by atoms with Gasteiger partial charge in [-0.3, -0.25) is 4.68 Å². The van der Waals surface area contributed by atoms with Crippen LogP contribution >= 0.6 is 0 Å². The van der Waals surface area contributed by atoms with Crippen LogP contribution in [0.5, 0.6) is 0 Å².